The van der Waals surface area contributed by atoms with E-state index in [2.05, 4.69) is 51.0 Å². The van der Waals surface area contributed by atoms with Crippen LogP contribution in [-0.2, 0) is 6.54 Å². The molecule has 1 aromatic heterocycles. The summed E-state index contributed by atoms with van der Waals surface area (Å²) >= 11 is 3.48. The number of rotatable bonds is 7. The van der Waals surface area contributed by atoms with Crippen LogP contribution in [0.15, 0.2) is 16.7 Å². The van der Waals surface area contributed by atoms with Gasteiger partial charge in [0.25, 0.3) is 0 Å². The van der Waals surface area contributed by atoms with Crippen LogP contribution in [0, 0.1) is 0 Å². The molecule has 0 bridgehead atoms. The molecule has 0 unspecified atom stereocenters. The molecule has 0 saturated carbocycles. The van der Waals surface area contributed by atoms with E-state index < -0.39 is 0 Å². The van der Waals surface area contributed by atoms with Gasteiger partial charge < -0.3 is 10.2 Å². The van der Waals surface area contributed by atoms with Gasteiger partial charge in [0.15, 0.2) is 0 Å². The van der Waals surface area contributed by atoms with Crippen LogP contribution in [0.3, 0.4) is 0 Å². The van der Waals surface area contributed by atoms with Gasteiger partial charge in [-0.2, -0.15) is 0 Å². The van der Waals surface area contributed by atoms with E-state index >= 15 is 0 Å². The van der Waals surface area contributed by atoms with Crippen molar-refractivity contribution < 1.29 is 0 Å². The summed E-state index contributed by atoms with van der Waals surface area (Å²) in [5.74, 6) is 1.12. The highest BCUT2D eigenvalue weighted by atomic mass is 79.9. The molecular weight excluding hydrogens is 278 g/mol. The van der Waals surface area contributed by atoms with Gasteiger partial charge in [0, 0.05) is 35.9 Å². The molecule has 0 saturated heterocycles. The molecular formula is C13H22BrN3. The molecule has 0 aromatic carbocycles. The molecule has 0 aliphatic heterocycles. The van der Waals surface area contributed by atoms with Crippen LogP contribution in [0.5, 0.6) is 0 Å². The van der Waals surface area contributed by atoms with Crippen molar-refractivity contribution in [3.63, 3.8) is 0 Å². The van der Waals surface area contributed by atoms with Crippen LogP contribution < -0.4 is 10.2 Å². The predicted octanol–water partition coefficient (Wildman–Crippen LogP) is 3.19. The minimum Gasteiger partial charge on any atom is -0.356 e. The molecule has 0 aliphatic carbocycles. The maximum Gasteiger partial charge on any atom is 0.133 e. The molecule has 0 fully saturated rings. The van der Waals surface area contributed by atoms with Gasteiger partial charge in [-0.1, -0.05) is 13.8 Å². The second-order valence-electron chi connectivity index (χ2n) is 4.15. The van der Waals surface area contributed by atoms with Gasteiger partial charge in [0.2, 0.25) is 0 Å². The largest absolute Gasteiger partial charge is 0.356 e. The van der Waals surface area contributed by atoms with Crippen molar-refractivity contribution in [2.45, 2.75) is 33.2 Å². The van der Waals surface area contributed by atoms with E-state index in [0.717, 1.165) is 42.8 Å². The molecule has 96 valence electrons. The van der Waals surface area contributed by atoms with Gasteiger partial charge in [-0.25, -0.2) is 4.98 Å². The summed E-state index contributed by atoms with van der Waals surface area (Å²) < 4.78 is 1.04. The van der Waals surface area contributed by atoms with E-state index in [-0.39, 0.29) is 0 Å². The van der Waals surface area contributed by atoms with Gasteiger partial charge >= 0.3 is 0 Å². The fourth-order valence-electron chi connectivity index (χ4n) is 1.94. The van der Waals surface area contributed by atoms with Crippen LogP contribution in [-0.4, -0.2) is 25.1 Å². The Kier molecular flexibility index (Phi) is 6.52. The number of hydrogen-bond donors (Lipinski definition) is 1. The lowest BCUT2D eigenvalue weighted by atomic mass is 10.2. The summed E-state index contributed by atoms with van der Waals surface area (Å²) in [6.45, 7) is 7.41. The van der Waals surface area contributed by atoms with E-state index in [4.69, 9.17) is 0 Å². The molecule has 3 nitrogen and oxygen atoms in total. The zero-order chi connectivity index (χ0) is 12.7. The van der Waals surface area contributed by atoms with Crippen molar-refractivity contribution in [3.8, 4) is 0 Å². The van der Waals surface area contributed by atoms with Crippen molar-refractivity contribution in [2.75, 3.05) is 25.0 Å². The van der Waals surface area contributed by atoms with Gasteiger partial charge in [-0.05, 0) is 41.9 Å². The van der Waals surface area contributed by atoms with E-state index in [1.807, 2.05) is 13.2 Å². The highest BCUT2D eigenvalue weighted by molar-refractivity contribution is 9.10. The Balaban J connectivity index is 2.98. The van der Waals surface area contributed by atoms with Crippen molar-refractivity contribution in [1.82, 2.24) is 10.3 Å². The number of anilines is 1. The first-order valence-electron chi connectivity index (χ1n) is 6.26. The van der Waals surface area contributed by atoms with Crippen LogP contribution >= 0.6 is 15.9 Å². The van der Waals surface area contributed by atoms with E-state index in [1.165, 1.54) is 5.56 Å². The Morgan fingerprint density at radius 2 is 1.94 bits per heavy atom. The van der Waals surface area contributed by atoms with Gasteiger partial charge in [0.1, 0.15) is 5.82 Å². The molecule has 0 amide bonds. The highest BCUT2D eigenvalue weighted by Crippen LogP contribution is 2.22. The Morgan fingerprint density at radius 3 is 2.47 bits per heavy atom. The minimum absolute atomic E-state index is 0.853. The molecule has 0 radical (unpaired) electrons. The van der Waals surface area contributed by atoms with E-state index in [1.54, 1.807) is 0 Å². The SMILES string of the molecule is CCCN(CCC)c1ncc(Br)cc1CNC. The van der Waals surface area contributed by atoms with Crippen molar-refractivity contribution >= 4 is 21.7 Å². The van der Waals surface area contributed by atoms with Crippen LogP contribution in [0.1, 0.15) is 32.3 Å². The number of hydrogen-bond acceptors (Lipinski definition) is 3. The summed E-state index contributed by atoms with van der Waals surface area (Å²) in [6, 6.07) is 2.15. The number of pyridine rings is 1. The number of nitrogens with one attached hydrogen (secondary N) is 1. The van der Waals surface area contributed by atoms with Crippen molar-refractivity contribution in [3.05, 3.63) is 22.3 Å². The maximum absolute atomic E-state index is 4.57. The quantitative estimate of drug-likeness (QED) is 0.838. The third-order valence-corrected chi connectivity index (χ3v) is 3.00. The molecule has 4 heteroatoms. The lowest BCUT2D eigenvalue weighted by Crippen LogP contribution is -2.27. The second kappa shape index (κ2) is 7.67. The average molecular weight is 300 g/mol. The van der Waals surface area contributed by atoms with Crippen molar-refractivity contribution in [2.24, 2.45) is 0 Å². The van der Waals surface area contributed by atoms with Crippen LogP contribution in [0.4, 0.5) is 5.82 Å². The smallest absolute Gasteiger partial charge is 0.133 e. The summed E-state index contributed by atoms with van der Waals surface area (Å²) in [4.78, 5) is 6.95. The highest BCUT2D eigenvalue weighted by Gasteiger charge is 2.11. The third kappa shape index (κ3) is 4.28. The molecule has 1 N–H and O–H groups in total. The normalized spacial score (nSPS) is 10.6. The Labute approximate surface area is 113 Å². The van der Waals surface area contributed by atoms with Crippen molar-refractivity contribution in [1.29, 1.82) is 0 Å². The molecule has 1 rings (SSSR count). The van der Waals surface area contributed by atoms with Crippen LogP contribution in [0.25, 0.3) is 0 Å². The molecule has 17 heavy (non-hydrogen) atoms. The van der Waals surface area contributed by atoms with Gasteiger partial charge in [0.05, 0.1) is 0 Å². The number of nitrogens with zero attached hydrogens (tertiary/aromatic N) is 2. The summed E-state index contributed by atoms with van der Waals surface area (Å²) in [5.41, 5.74) is 1.25. The molecule has 1 heterocycles. The summed E-state index contributed by atoms with van der Waals surface area (Å²) in [6.07, 6.45) is 4.18. The Bertz CT molecular complexity index is 335. The summed E-state index contributed by atoms with van der Waals surface area (Å²) in [7, 11) is 1.97. The second-order valence-corrected chi connectivity index (χ2v) is 5.07. The summed E-state index contributed by atoms with van der Waals surface area (Å²) in [5, 5.41) is 3.20. The number of aromatic nitrogens is 1. The molecule has 0 spiro atoms. The lowest BCUT2D eigenvalue weighted by Gasteiger charge is -2.25. The minimum atomic E-state index is 0.853. The monoisotopic (exact) mass is 299 g/mol. The molecule has 0 atom stereocenters. The standard InChI is InChI=1S/C13H22BrN3/c1-4-6-17(7-5-2)13-11(9-15-3)8-12(14)10-16-13/h8,10,15H,4-7,9H2,1-3H3. The van der Waals surface area contributed by atoms with Gasteiger partial charge in [-0.3, -0.25) is 0 Å². The first-order chi connectivity index (χ1) is 8.22. The zero-order valence-electron chi connectivity index (χ0n) is 11.0. The molecule has 1 aromatic rings. The fourth-order valence-corrected chi connectivity index (χ4v) is 2.32. The Morgan fingerprint density at radius 1 is 1.29 bits per heavy atom. The first kappa shape index (κ1) is 14.5. The first-order valence-corrected chi connectivity index (χ1v) is 7.06. The Hall–Kier alpha value is -0.610. The van der Waals surface area contributed by atoms with E-state index in [0.29, 0.717) is 0 Å². The zero-order valence-corrected chi connectivity index (χ0v) is 12.5. The third-order valence-electron chi connectivity index (χ3n) is 2.56. The fraction of sp³-hybridized carbons (Fsp3) is 0.615. The van der Waals surface area contributed by atoms with Crippen LogP contribution in [0.2, 0.25) is 0 Å². The topological polar surface area (TPSA) is 28.2 Å². The predicted molar refractivity (Wildman–Crippen MR) is 77.5 cm³/mol. The maximum atomic E-state index is 4.57. The lowest BCUT2D eigenvalue weighted by molar-refractivity contribution is 0.719. The molecule has 0 aliphatic rings. The van der Waals surface area contributed by atoms with E-state index in [9.17, 15) is 0 Å². The van der Waals surface area contributed by atoms with Gasteiger partial charge in [-0.15, -0.1) is 0 Å². The number of halogens is 1. The average Bonchev–Trinajstić information content (AvgIpc) is 2.30.